The normalized spacial score (nSPS) is 16.8. The number of hydrogen-bond acceptors (Lipinski definition) is 3. The lowest BCUT2D eigenvalue weighted by atomic mass is 9.98. The minimum absolute atomic E-state index is 0.0330. The highest BCUT2D eigenvalue weighted by atomic mass is 19.3. The number of nitrogens with zero attached hydrogens (tertiary/aromatic N) is 1. The Kier molecular flexibility index (Phi) is 3.84. The van der Waals surface area contributed by atoms with Crippen LogP contribution < -0.4 is 5.56 Å². The molecule has 29 heavy (non-hydrogen) atoms. The Labute approximate surface area is 164 Å². The van der Waals surface area contributed by atoms with E-state index in [1.165, 1.54) is 0 Å². The molecule has 0 spiro atoms. The molecule has 2 N–H and O–H groups in total. The Morgan fingerprint density at radius 1 is 1.07 bits per heavy atom. The van der Waals surface area contributed by atoms with Crippen LogP contribution in [0, 0.1) is 0 Å². The van der Waals surface area contributed by atoms with Crippen molar-refractivity contribution in [3.05, 3.63) is 81.3 Å². The predicted molar refractivity (Wildman–Crippen MR) is 101 cm³/mol. The van der Waals surface area contributed by atoms with Crippen molar-refractivity contribution < 1.29 is 18.3 Å². The summed E-state index contributed by atoms with van der Waals surface area (Å²) in [6, 6.07) is 15.7. The maximum absolute atomic E-state index is 14.3. The molecule has 0 bridgehead atoms. The van der Waals surface area contributed by atoms with Crippen molar-refractivity contribution in [1.82, 2.24) is 15.1 Å². The van der Waals surface area contributed by atoms with Gasteiger partial charge in [0.2, 0.25) is 0 Å². The number of ether oxygens (including phenoxy) is 1. The molecule has 1 aliphatic heterocycles. The zero-order valence-electron chi connectivity index (χ0n) is 15.2. The molecule has 0 fully saturated rings. The number of nitrogens with one attached hydrogen (secondary N) is 2. The van der Waals surface area contributed by atoms with Crippen molar-refractivity contribution in [2.75, 3.05) is 13.2 Å². The van der Waals surface area contributed by atoms with Gasteiger partial charge >= 0.3 is 12.0 Å². The van der Waals surface area contributed by atoms with Gasteiger partial charge in [0, 0.05) is 5.92 Å². The van der Waals surface area contributed by atoms with Crippen molar-refractivity contribution in [2.24, 2.45) is 0 Å². The fraction of sp³-hybridized carbons (Fsp3) is 0.238. The van der Waals surface area contributed by atoms with E-state index >= 15 is 0 Å². The molecule has 2 aromatic carbocycles. The van der Waals surface area contributed by atoms with Gasteiger partial charge in [-0.15, -0.1) is 0 Å². The van der Waals surface area contributed by atoms with Gasteiger partial charge in [-0.2, -0.15) is 8.78 Å². The fourth-order valence-electron chi connectivity index (χ4n) is 4.23. The molecule has 1 aliphatic carbocycles. The summed E-state index contributed by atoms with van der Waals surface area (Å²) < 4.78 is 34.1. The van der Waals surface area contributed by atoms with Gasteiger partial charge in [0.1, 0.15) is 12.3 Å². The number of aromatic amines is 2. The second-order valence-corrected chi connectivity index (χ2v) is 7.30. The fourth-order valence-corrected chi connectivity index (χ4v) is 4.23. The summed E-state index contributed by atoms with van der Waals surface area (Å²) in [6.45, 7) is -1.03. The third-order valence-electron chi connectivity index (χ3n) is 5.58. The number of halogens is 2. The lowest BCUT2D eigenvalue weighted by molar-refractivity contribution is -0.0533. The lowest BCUT2D eigenvalue weighted by Crippen LogP contribution is -2.45. The molecule has 2 aliphatic rings. The summed E-state index contributed by atoms with van der Waals surface area (Å²) in [5, 5.41) is 4.36. The van der Waals surface area contributed by atoms with Crippen LogP contribution in [-0.4, -0.2) is 34.3 Å². The quantitative estimate of drug-likeness (QED) is 0.694. The summed E-state index contributed by atoms with van der Waals surface area (Å²) >= 11 is 0. The number of H-pyrrole nitrogens is 2. The second-order valence-electron chi connectivity index (χ2n) is 7.30. The molecule has 0 atom stereocenters. The largest absolute Gasteiger partial charge is 0.448 e. The van der Waals surface area contributed by atoms with Gasteiger partial charge in [-0.1, -0.05) is 48.5 Å². The first-order valence-corrected chi connectivity index (χ1v) is 9.23. The highest BCUT2D eigenvalue weighted by Gasteiger charge is 2.45. The number of rotatable bonds is 2. The maximum atomic E-state index is 14.3. The Hall–Kier alpha value is -3.42. The number of benzene rings is 2. The summed E-state index contributed by atoms with van der Waals surface area (Å²) in [4.78, 5) is 25.2. The van der Waals surface area contributed by atoms with Crippen LogP contribution in [0.2, 0.25) is 0 Å². The van der Waals surface area contributed by atoms with Crippen LogP contribution in [0.1, 0.15) is 28.3 Å². The molecule has 1 amide bonds. The molecule has 1 aromatic heterocycles. The number of fused-ring (bicyclic) bond motifs is 4. The Bertz CT molecular complexity index is 1120. The third-order valence-corrected chi connectivity index (χ3v) is 5.58. The van der Waals surface area contributed by atoms with Crippen molar-refractivity contribution in [2.45, 2.75) is 18.4 Å². The minimum atomic E-state index is -3.35. The molecule has 8 heteroatoms. The van der Waals surface area contributed by atoms with Gasteiger partial charge in [-0.05, 0) is 22.3 Å². The first-order valence-electron chi connectivity index (χ1n) is 9.23. The molecule has 2 heterocycles. The number of carbonyl (C=O) groups excluding carboxylic acids is 1. The summed E-state index contributed by atoms with van der Waals surface area (Å²) in [5.41, 5.74) is 2.97. The third kappa shape index (κ3) is 2.74. The average Bonchev–Trinajstić information content (AvgIpc) is 3.25. The van der Waals surface area contributed by atoms with E-state index in [2.05, 4.69) is 10.2 Å². The zero-order chi connectivity index (χ0) is 20.2. The van der Waals surface area contributed by atoms with Gasteiger partial charge in [-0.25, -0.2) is 4.79 Å². The van der Waals surface area contributed by atoms with Crippen LogP contribution in [0.15, 0.2) is 53.3 Å². The van der Waals surface area contributed by atoms with Crippen LogP contribution in [0.3, 0.4) is 0 Å². The summed E-state index contributed by atoms with van der Waals surface area (Å²) in [7, 11) is 0. The monoisotopic (exact) mass is 397 g/mol. The summed E-state index contributed by atoms with van der Waals surface area (Å²) in [5.74, 6) is -3.51. The molecular formula is C21H17F2N3O3. The van der Waals surface area contributed by atoms with E-state index in [1.807, 2.05) is 48.5 Å². The predicted octanol–water partition coefficient (Wildman–Crippen LogP) is 3.56. The molecule has 0 radical (unpaired) electrons. The zero-order valence-corrected chi connectivity index (χ0v) is 15.2. The average molecular weight is 397 g/mol. The highest BCUT2D eigenvalue weighted by Crippen LogP contribution is 2.44. The minimum Gasteiger partial charge on any atom is -0.448 e. The van der Waals surface area contributed by atoms with Crippen LogP contribution in [0.4, 0.5) is 13.6 Å². The van der Waals surface area contributed by atoms with E-state index in [1.54, 1.807) is 0 Å². The number of amides is 1. The van der Waals surface area contributed by atoms with E-state index in [-0.39, 0.29) is 24.6 Å². The van der Waals surface area contributed by atoms with Crippen molar-refractivity contribution in [3.63, 3.8) is 0 Å². The van der Waals surface area contributed by atoms with Crippen LogP contribution >= 0.6 is 0 Å². The standard InChI is InChI=1S/C21H17F2N3O3/c22-21(23)11-26(9-16-18(21)24-25-19(16)27)20(28)29-10-17-14-7-3-1-5-12(14)13-6-2-4-8-15(13)17/h1-8,17H,9-11H2,(H2,24,25,27). The number of aromatic nitrogens is 2. The molecule has 5 rings (SSSR count). The van der Waals surface area contributed by atoms with E-state index in [0.717, 1.165) is 27.2 Å². The molecule has 6 nitrogen and oxygen atoms in total. The maximum Gasteiger partial charge on any atom is 0.410 e. The van der Waals surface area contributed by atoms with Gasteiger partial charge in [0.05, 0.1) is 18.7 Å². The highest BCUT2D eigenvalue weighted by molar-refractivity contribution is 5.79. The van der Waals surface area contributed by atoms with E-state index in [9.17, 15) is 18.4 Å². The first-order chi connectivity index (χ1) is 14.0. The van der Waals surface area contributed by atoms with Crippen molar-refractivity contribution in [1.29, 1.82) is 0 Å². The van der Waals surface area contributed by atoms with Crippen LogP contribution in [0.25, 0.3) is 11.1 Å². The molecule has 0 saturated carbocycles. The molecule has 148 valence electrons. The topological polar surface area (TPSA) is 78.2 Å². The number of carbonyl (C=O) groups is 1. The number of hydrogen-bond donors (Lipinski definition) is 2. The van der Waals surface area contributed by atoms with Gasteiger partial charge < -0.3 is 4.74 Å². The first kappa shape index (κ1) is 17.7. The van der Waals surface area contributed by atoms with Gasteiger partial charge in [-0.3, -0.25) is 19.9 Å². The van der Waals surface area contributed by atoms with Gasteiger partial charge in [0.25, 0.3) is 5.56 Å². The van der Waals surface area contributed by atoms with E-state index in [4.69, 9.17) is 4.74 Å². The lowest BCUT2D eigenvalue weighted by Gasteiger charge is -2.31. The van der Waals surface area contributed by atoms with Crippen LogP contribution in [0.5, 0.6) is 0 Å². The molecule has 0 unspecified atom stereocenters. The Morgan fingerprint density at radius 2 is 1.69 bits per heavy atom. The SMILES string of the molecule is O=C(OCC1c2ccccc2-c2ccccc21)N1Cc2c([nH][nH]c2=O)C(F)(F)C1. The van der Waals surface area contributed by atoms with Crippen molar-refractivity contribution >= 4 is 6.09 Å². The summed E-state index contributed by atoms with van der Waals surface area (Å²) in [6.07, 6.45) is -0.863. The molecule has 3 aromatic rings. The van der Waals surface area contributed by atoms with Crippen molar-refractivity contribution in [3.8, 4) is 11.1 Å². The van der Waals surface area contributed by atoms with Crippen LogP contribution in [-0.2, 0) is 17.2 Å². The Morgan fingerprint density at radius 3 is 2.34 bits per heavy atom. The second kappa shape index (κ2) is 6.30. The molecular weight excluding hydrogens is 380 g/mol. The van der Waals surface area contributed by atoms with Gasteiger partial charge in [0.15, 0.2) is 0 Å². The number of alkyl halides is 2. The molecule has 0 saturated heterocycles. The smallest absolute Gasteiger partial charge is 0.410 e. The Balaban J connectivity index is 1.37. The van der Waals surface area contributed by atoms with E-state index < -0.39 is 29.8 Å². The van der Waals surface area contributed by atoms with E-state index in [0.29, 0.717) is 0 Å².